The summed E-state index contributed by atoms with van der Waals surface area (Å²) in [5.41, 5.74) is 2.11. The van der Waals surface area contributed by atoms with Gasteiger partial charge in [-0.1, -0.05) is 38.1 Å². The van der Waals surface area contributed by atoms with E-state index in [0.717, 1.165) is 6.42 Å². The van der Waals surface area contributed by atoms with Crippen LogP contribution in [-0.2, 0) is 11.2 Å². The predicted octanol–water partition coefficient (Wildman–Crippen LogP) is 3.88. The van der Waals surface area contributed by atoms with E-state index in [2.05, 4.69) is 43.4 Å². The van der Waals surface area contributed by atoms with Crippen LogP contribution in [-0.4, -0.2) is 18.2 Å². The Morgan fingerprint density at radius 1 is 1.26 bits per heavy atom. The van der Waals surface area contributed by atoms with E-state index in [1.807, 2.05) is 20.8 Å². The van der Waals surface area contributed by atoms with Crippen molar-refractivity contribution in [1.29, 1.82) is 0 Å². The van der Waals surface area contributed by atoms with E-state index in [1.54, 1.807) is 0 Å². The lowest BCUT2D eigenvalue weighted by Crippen LogP contribution is -2.34. The van der Waals surface area contributed by atoms with Crippen molar-refractivity contribution in [2.75, 3.05) is 6.54 Å². The molecule has 0 fully saturated rings. The average molecular weight is 263 g/mol. The highest BCUT2D eigenvalue weighted by molar-refractivity contribution is 5.67. The maximum Gasteiger partial charge on any atom is 0.407 e. The first-order valence-corrected chi connectivity index (χ1v) is 6.87. The van der Waals surface area contributed by atoms with Gasteiger partial charge in [0.25, 0.3) is 0 Å². The van der Waals surface area contributed by atoms with Crippen molar-refractivity contribution < 1.29 is 9.53 Å². The Labute approximate surface area is 116 Å². The summed E-state index contributed by atoms with van der Waals surface area (Å²) in [6, 6.07) is 8.53. The summed E-state index contributed by atoms with van der Waals surface area (Å²) < 4.78 is 5.21. The van der Waals surface area contributed by atoms with Gasteiger partial charge in [-0.2, -0.15) is 0 Å². The number of nitrogens with one attached hydrogen (secondary N) is 1. The van der Waals surface area contributed by atoms with E-state index in [9.17, 15) is 4.79 Å². The van der Waals surface area contributed by atoms with Crippen molar-refractivity contribution in [2.45, 2.75) is 52.6 Å². The highest BCUT2D eigenvalue weighted by Crippen LogP contribution is 2.15. The molecule has 0 bridgehead atoms. The van der Waals surface area contributed by atoms with E-state index in [-0.39, 0.29) is 12.0 Å². The minimum atomic E-state index is -0.448. The standard InChI is InChI=1S/C16H25NO2/c1-6-13-7-9-14(10-8-13)12(2)11-17-15(18)19-16(3,4)5/h7-10,12H,6,11H2,1-5H3,(H,17,18). The van der Waals surface area contributed by atoms with Crippen LogP contribution in [0.25, 0.3) is 0 Å². The average Bonchev–Trinajstić information content (AvgIpc) is 2.34. The molecule has 1 atom stereocenters. The molecule has 1 amide bonds. The van der Waals surface area contributed by atoms with E-state index >= 15 is 0 Å². The van der Waals surface area contributed by atoms with Gasteiger partial charge in [-0.25, -0.2) is 4.79 Å². The van der Waals surface area contributed by atoms with Gasteiger partial charge >= 0.3 is 6.09 Å². The summed E-state index contributed by atoms with van der Waals surface area (Å²) in [6.45, 7) is 10.4. The third kappa shape index (κ3) is 5.77. The lowest BCUT2D eigenvalue weighted by molar-refractivity contribution is 0.0525. The summed E-state index contributed by atoms with van der Waals surface area (Å²) in [4.78, 5) is 11.6. The lowest BCUT2D eigenvalue weighted by Gasteiger charge is -2.21. The number of alkyl carbamates (subject to hydrolysis) is 1. The summed E-state index contributed by atoms with van der Waals surface area (Å²) >= 11 is 0. The van der Waals surface area contributed by atoms with Crippen LogP contribution >= 0.6 is 0 Å². The Hall–Kier alpha value is -1.51. The Bertz CT molecular complexity index is 404. The number of ether oxygens (including phenoxy) is 1. The van der Waals surface area contributed by atoms with Crippen LogP contribution in [0.2, 0.25) is 0 Å². The van der Waals surface area contributed by atoms with Crippen LogP contribution in [0.3, 0.4) is 0 Å². The first-order chi connectivity index (χ1) is 8.81. The normalized spacial score (nSPS) is 12.9. The van der Waals surface area contributed by atoms with Gasteiger partial charge in [0.2, 0.25) is 0 Å². The monoisotopic (exact) mass is 263 g/mol. The Kier molecular flexibility index (Phi) is 5.40. The van der Waals surface area contributed by atoms with Crippen LogP contribution in [0.15, 0.2) is 24.3 Å². The maximum atomic E-state index is 11.6. The number of hydrogen-bond acceptors (Lipinski definition) is 2. The number of carbonyl (C=O) groups is 1. The number of carbonyl (C=O) groups excluding carboxylic acids is 1. The zero-order chi connectivity index (χ0) is 14.5. The van der Waals surface area contributed by atoms with Gasteiger partial charge in [0.1, 0.15) is 5.60 Å². The molecule has 0 saturated heterocycles. The Balaban J connectivity index is 2.46. The SMILES string of the molecule is CCc1ccc(C(C)CNC(=O)OC(C)(C)C)cc1. The summed E-state index contributed by atoms with van der Waals surface area (Å²) in [5.74, 6) is 0.276. The highest BCUT2D eigenvalue weighted by atomic mass is 16.6. The molecule has 3 nitrogen and oxygen atoms in total. The fraction of sp³-hybridized carbons (Fsp3) is 0.562. The second kappa shape index (κ2) is 6.60. The van der Waals surface area contributed by atoms with Crippen molar-refractivity contribution in [3.8, 4) is 0 Å². The molecular weight excluding hydrogens is 238 g/mol. The van der Waals surface area contributed by atoms with Crippen LogP contribution < -0.4 is 5.32 Å². The molecule has 3 heteroatoms. The Morgan fingerprint density at radius 2 is 1.84 bits per heavy atom. The predicted molar refractivity (Wildman–Crippen MR) is 78.5 cm³/mol. The molecule has 19 heavy (non-hydrogen) atoms. The zero-order valence-electron chi connectivity index (χ0n) is 12.6. The van der Waals surface area contributed by atoms with Crippen molar-refractivity contribution in [2.24, 2.45) is 0 Å². The molecule has 1 unspecified atom stereocenters. The topological polar surface area (TPSA) is 38.3 Å². The van der Waals surface area contributed by atoms with Gasteiger partial charge in [0.15, 0.2) is 0 Å². The summed E-state index contributed by atoms with van der Waals surface area (Å²) in [6.07, 6.45) is 0.690. The van der Waals surface area contributed by atoms with Gasteiger partial charge in [0, 0.05) is 6.54 Å². The molecule has 0 aliphatic carbocycles. The Morgan fingerprint density at radius 3 is 2.32 bits per heavy atom. The quantitative estimate of drug-likeness (QED) is 0.895. The summed E-state index contributed by atoms with van der Waals surface area (Å²) in [5, 5.41) is 2.80. The zero-order valence-corrected chi connectivity index (χ0v) is 12.6. The smallest absolute Gasteiger partial charge is 0.407 e. The third-order valence-corrected chi connectivity index (χ3v) is 2.91. The second-order valence-electron chi connectivity index (χ2n) is 5.88. The van der Waals surface area contributed by atoms with Crippen LogP contribution in [0.4, 0.5) is 4.79 Å². The number of aryl methyl sites for hydroxylation is 1. The van der Waals surface area contributed by atoms with Gasteiger partial charge in [0.05, 0.1) is 0 Å². The van der Waals surface area contributed by atoms with Crippen molar-refractivity contribution >= 4 is 6.09 Å². The molecule has 0 aliphatic heterocycles. The summed E-state index contributed by atoms with van der Waals surface area (Å²) in [7, 11) is 0. The number of amides is 1. The van der Waals surface area contributed by atoms with E-state index in [4.69, 9.17) is 4.74 Å². The number of hydrogen-bond donors (Lipinski definition) is 1. The lowest BCUT2D eigenvalue weighted by atomic mass is 9.99. The fourth-order valence-corrected chi connectivity index (χ4v) is 1.75. The van der Waals surface area contributed by atoms with E-state index in [1.165, 1.54) is 11.1 Å². The first kappa shape index (κ1) is 15.5. The molecule has 1 aromatic carbocycles. The molecule has 0 radical (unpaired) electrons. The largest absolute Gasteiger partial charge is 0.444 e. The minimum absolute atomic E-state index is 0.276. The van der Waals surface area contributed by atoms with E-state index < -0.39 is 5.60 Å². The molecule has 0 saturated carbocycles. The molecule has 1 rings (SSSR count). The van der Waals surface area contributed by atoms with Crippen LogP contribution in [0.5, 0.6) is 0 Å². The molecule has 1 aromatic rings. The number of benzene rings is 1. The molecule has 0 aliphatic rings. The van der Waals surface area contributed by atoms with Crippen LogP contribution in [0, 0.1) is 0 Å². The van der Waals surface area contributed by atoms with Crippen molar-refractivity contribution in [3.05, 3.63) is 35.4 Å². The second-order valence-corrected chi connectivity index (χ2v) is 5.88. The molecule has 0 aromatic heterocycles. The van der Waals surface area contributed by atoms with Gasteiger partial charge in [-0.15, -0.1) is 0 Å². The molecular formula is C16H25NO2. The first-order valence-electron chi connectivity index (χ1n) is 6.87. The van der Waals surface area contributed by atoms with E-state index in [0.29, 0.717) is 6.54 Å². The van der Waals surface area contributed by atoms with Crippen molar-refractivity contribution in [1.82, 2.24) is 5.32 Å². The number of rotatable bonds is 4. The van der Waals surface area contributed by atoms with Gasteiger partial charge in [-0.3, -0.25) is 0 Å². The third-order valence-electron chi connectivity index (χ3n) is 2.91. The molecule has 0 spiro atoms. The van der Waals surface area contributed by atoms with Gasteiger partial charge in [-0.05, 0) is 44.2 Å². The molecule has 0 heterocycles. The molecule has 1 N–H and O–H groups in total. The highest BCUT2D eigenvalue weighted by Gasteiger charge is 2.16. The minimum Gasteiger partial charge on any atom is -0.444 e. The van der Waals surface area contributed by atoms with Crippen molar-refractivity contribution in [3.63, 3.8) is 0 Å². The fourth-order valence-electron chi connectivity index (χ4n) is 1.75. The van der Waals surface area contributed by atoms with Gasteiger partial charge < -0.3 is 10.1 Å². The van der Waals surface area contributed by atoms with Crippen LogP contribution in [0.1, 0.15) is 51.7 Å². The molecule has 106 valence electrons. The maximum absolute atomic E-state index is 11.6.